The number of hydrogen-bond acceptors (Lipinski definition) is 20. The summed E-state index contributed by atoms with van der Waals surface area (Å²) in [7, 11) is 5.43. The molecule has 0 spiro atoms. The van der Waals surface area contributed by atoms with Crippen LogP contribution in [0.1, 0.15) is 120 Å². The quantitative estimate of drug-likeness (QED) is 0.0489. The minimum absolute atomic E-state index is 0.0176. The summed E-state index contributed by atoms with van der Waals surface area (Å²) in [6, 6.07) is 6.89. The lowest BCUT2D eigenvalue weighted by Gasteiger charge is -2.48. The Morgan fingerprint density at radius 3 is 2.30 bits per heavy atom. The zero-order chi connectivity index (χ0) is 54.9. The Labute approximate surface area is 439 Å². The zero-order valence-corrected chi connectivity index (χ0v) is 46.4. The van der Waals surface area contributed by atoms with E-state index in [0.717, 1.165) is 12.1 Å². The maximum atomic E-state index is 14.5. The molecule has 0 radical (unpaired) electrons. The first-order chi connectivity index (χ1) is 34.7. The molecule has 2 aromatic rings. The van der Waals surface area contributed by atoms with E-state index in [1.165, 1.54) is 14.0 Å². The molecule has 0 unspecified atom stereocenters. The van der Waals surface area contributed by atoms with Gasteiger partial charge in [-0.15, -0.1) is 5.10 Å². The summed E-state index contributed by atoms with van der Waals surface area (Å²) in [6.07, 6.45) is -1.46. The van der Waals surface area contributed by atoms with E-state index in [1.807, 2.05) is 71.0 Å². The number of aliphatic hydroxyl groups is 5. The van der Waals surface area contributed by atoms with Gasteiger partial charge in [-0.2, -0.15) is 0 Å². The van der Waals surface area contributed by atoms with Gasteiger partial charge in [-0.1, -0.05) is 26.0 Å². The minimum Gasteiger partial charge on any atom is -0.494 e. The fraction of sp³-hybridized carbons (Fsp3) is 0.792. The number of hydrogen-bond donors (Lipinski definition) is 7. The number of aliphatic hydroxyl groups excluding tert-OH is 3. The highest BCUT2D eigenvalue weighted by atomic mass is 16.7. The molecule has 0 saturated carbocycles. The van der Waals surface area contributed by atoms with Crippen molar-refractivity contribution in [2.24, 2.45) is 29.3 Å². The minimum atomic E-state index is -1.81. The van der Waals surface area contributed by atoms with Gasteiger partial charge in [-0.05, 0) is 112 Å². The highest BCUT2D eigenvalue weighted by Crippen LogP contribution is 2.40. The number of nitrogens with two attached hydrogens (primary N) is 2. The molecule has 17 atom stereocenters. The van der Waals surface area contributed by atoms with Crippen molar-refractivity contribution in [1.29, 1.82) is 0 Å². The number of rotatable bonds is 18. The Morgan fingerprint density at radius 2 is 1.66 bits per heavy atom. The third-order valence-corrected chi connectivity index (χ3v) is 15.7. The molecule has 422 valence electrons. The van der Waals surface area contributed by atoms with Gasteiger partial charge in [0, 0.05) is 82.3 Å². The van der Waals surface area contributed by atoms with Gasteiger partial charge in [-0.25, -0.2) is 10.5 Å². The number of esters is 1. The Hall–Kier alpha value is -3.55. The van der Waals surface area contributed by atoms with Crippen LogP contribution >= 0.6 is 0 Å². The van der Waals surface area contributed by atoms with Crippen LogP contribution in [0, 0.1) is 17.8 Å². The fourth-order valence-electron chi connectivity index (χ4n) is 11.1. The molecule has 3 saturated heterocycles. The van der Waals surface area contributed by atoms with E-state index in [9.17, 15) is 30.3 Å². The normalized spacial score (nSPS) is 37.5. The first-order valence-corrected chi connectivity index (χ1v) is 26.5. The number of aromatic nitrogens is 3. The topological polar surface area (TPSA) is 275 Å². The number of carbonyl (C=O) groups excluding carboxylic acids is 1. The smallest absolute Gasteiger partial charge is 0.311 e. The average Bonchev–Trinajstić information content (AvgIpc) is 3.84. The van der Waals surface area contributed by atoms with E-state index in [0.29, 0.717) is 62.6 Å². The van der Waals surface area contributed by atoms with Crippen molar-refractivity contribution in [1.82, 2.24) is 29.8 Å². The predicted molar refractivity (Wildman–Crippen MR) is 277 cm³/mol. The largest absolute Gasteiger partial charge is 0.494 e. The molecule has 3 fully saturated rings. The Balaban J connectivity index is 1.30. The van der Waals surface area contributed by atoms with E-state index in [1.54, 1.807) is 56.7 Å². The molecule has 21 nitrogen and oxygen atoms in total. The SMILES string of the molecule is CC[C@H]1OC(=O)[C@H](C)[C@@H](O[C@H]2C[C@@](C)(OC)[C@@H](O)[C@H](C)O2)[C@H](C)[C@@H](O[C@H]2C[C@@H](N(C)CC/C(N)=C/N(N)CCCOc3ccc(-n4cc(CO)nn4)cc3)C[C@@H](C)O2)[C@](C)(O)C[C@@H](C)CN(C)[C@H](C)[C@@H](O)[C@]1(C)O. The molecule has 21 heteroatoms. The summed E-state index contributed by atoms with van der Waals surface area (Å²) < 4.78 is 46.1. The van der Waals surface area contributed by atoms with Crippen LogP contribution in [-0.2, 0) is 39.8 Å². The maximum absolute atomic E-state index is 14.5. The van der Waals surface area contributed by atoms with Crippen LogP contribution < -0.4 is 16.3 Å². The van der Waals surface area contributed by atoms with Crippen LogP contribution in [-0.4, -0.2) is 193 Å². The highest BCUT2D eigenvalue weighted by Gasteiger charge is 2.52. The number of benzene rings is 1. The summed E-state index contributed by atoms with van der Waals surface area (Å²) in [5.41, 5.74) is 4.05. The molecule has 1 aromatic heterocycles. The molecular formula is C53H92N8O13. The summed E-state index contributed by atoms with van der Waals surface area (Å²) in [5.74, 6) is 4.52. The molecule has 3 aliphatic heterocycles. The first kappa shape index (κ1) is 61.3. The van der Waals surface area contributed by atoms with Gasteiger partial charge in [0.15, 0.2) is 12.6 Å². The van der Waals surface area contributed by atoms with E-state index >= 15 is 0 Å². The van der Waals surface area contributed by atoms with Gasteiger partial charge < -0.3 is 79.2 Å². The second-order valence-electron chi connectivity index (χ2n) is 22.3. The molecule has 1 aromatic carbocycles. The number of nitrogens with zero attached hydrogens (tertiary/aromatic N) is 6. The number of methoxy groups -OCH3 is 1. The molecular weight excluding hydrogens is 957 g/mol. The van der Waals surface area contributed by atoms with Crippen molar-refractivity contribution >= 4 is 5.97 Å². The van der Waals surface area contributed by atoms with E-state index < -0.39 is 89.9 Å². The maximum Gasteiger partial charge on any atom is 0.311 e. The highest BCUT2D eigenvalue weighted by molar-refractivity contribution is 5.73. The van der Waals surface area contributed by atoms with Crippen LogP contribution in [0.25, 0.3) is 5.69 Å². The zero-order valence-electron chi connectivity index (χ0n) is 46.4. The fourth-order valence-corrected chi connectivity index (χ4v) is 11.1. The van der Waals surface area contributed by atoms with Gasteiger partial charge >= 0.3 is 5.97 Å². The van der Waals surface area contributed by atoms with Crippen LogP contribution in [0.2, 0.25) is 0 Å². The lowest BCUT2D eigenvalue weighted by Crippen LogP contribution is -2.59. The first-order valence-electron chi connectivity index (χ1n) is 26.5. The summed E-state index contributed by atoms with van der Waals surface area (Å²) in [5, 5.41) is 66.2. The third kappa shape index (κ3) is 15.8. The van der Waals surface area contributed by atoms with Gasteiger partial charge in [-0.3, -0.25) is 4.79 Å². The Bertz CT molecular complexity index is 2060. The molecule has 0 amide bonds. The van der Waals surface area contributed by atoms with Crippen molar-refractivity contribution < 1.29 is 63.5 Å². The van der Waals surface area contributed by atoms with Gasteiger partial charge in [0.25, 0.3) is 0 Å². The predicted octanol–water partition coefficient (Wildman–Crippen LogP) is 3.21. The standard InChI is InChI=1S/C53H92N8O13/c1-14-43-53(10,67)47(63)36(6)59(12)28-32(2)26-51(8,66)49(34(4)46(35(5)50(65)72-43)73-45-27-52(9,68-13)48(64)37(7)71-45)74-44-25-41(24-33(3)70-44)58(11)22-20-38(54)29-60(55)21-15-23-69-42-18-16-40(17-19-42)61-30-39(31-62)56-57-61/h16-19,29-30,32-37,41,43-49,62-64,66-67H,14-15,20-28,31,54-55H2,1-13H3/b38-29-/t32-,33-,34+,35-,36-,37+,41+,43-,44+,45+,46+,47-,48+,49-,51-,52-,53-/m1/s1. The number of ether oxygens (including phenoxy) is 7. The van der Waals surface area contributed by atoms with Crippen molar-refractivity contribution in [2.45, 2.75) is 205 Å². The van der Waals surface area contributed by atoms with E-state index in [4.69, 9.17) is 44.7 Å². The van der Waals surface area contributed by atoms with Crippen molar-refractivity contribution in [3.05, 3.63) is 48.1 Å². The van der Waals surface area contributed by atoms with Gasteiger partial charge in [0.2, 0.25) is 0 Å². The summed E-state index contributed by atoms with van der Waals surface area (Å²) >= 11 is 0. The number of likely N-dealkylation sites (N-methyl/N-ethyl adjacent to an activating group) is 1. The lowest BCUT2D eigenvalue weighted by molar-refractivity contribution is -0.308. The van der Waals surface area contributed by atoms with Crippen LogP contribution in [0.3, 0.4) is 0 Å². The number of hydrazine groups is 1. The van der Waals surface area contributed by atoms with E-state index in [2.05, 4.69) is 15.2 Å². The molecule has 4 heterocycles. The monoisotopic (exact) mass is 1050 g/mol. The van der Waals surface area contributed by atoms with Crippen LogP contribution in [0.5, 0.6) is 5.75 Å². The number of carbonyl (C=O) groups is 1. The summed E-state index contributed by atoms with van der Waals surface area (Å²) in [4.78, 5) is 18.7. The molecule has 74 heavy (non-hydrogen) atoms. The Morgan fingerprint density at radius 1 is 0.973 bits per heavy atom. The van der Waals surface area contributed by atoms with E-state index in [-0.39, 0.29) is 43.9 Å². The molecule has 0 bridgehead atoms. The van der Waals surface area contributed by atoms with Gasteiger partial charge in [0.1, 0.15) is 35.4 Å². The second kappa shape index (κ2) is 26.7. The van der Waals surface area contributed by atoms with Crippen molar-refractivity contribution in [3.8, 4) is 11.4 Å². The molecule has 5 rings (SSSR count). The number of cyclic esters (lactones) is 1. The molecule has 0 aliphatic carbocycles. The average molecular weight is 1050 g/mol. The summed E-state index contributed by atoms with van der Waals surface area (Å²) in [6.45, 7) is 19.8. The van der Waals surface area contributed by atoms with Crippen LogP contribution in [0.15, 0.2) is 42.4 Å². The second-order valence-corrected chi connectivity index (χ2v) is 22.3. The molecule has 9 N–H and O–H groups in total. The van der Waals surface area contributed by atoms with Crippen molar-refractivity contribution in [2.75, 3.05) is 47.4 Å². The lowest BCUT2D eigenvalue weighted by atomic mass is 9.77. The van der Waals surface area contributed by atoms with Crippen molar-refractivity contribution in [3.63, 3.8) is 0 Å². The molecule has 3 aliphatic rings. The Kier molecular flexibility index (Phi) is 22.1. The third-order valence-electron chi connectivity index (χ3n) is 15.7. The van der Waals surface area contributed by atoms with Crippen LogP contribution in [0.4, 0.5) is 0 Å². The van der Waals surface area contributed by atoms with Gasteiger partial charge in [0.05, 0.1) is 66.6 Å².